The van der Waals surface area contributed by atoms with Gasteiger partial charge in [0.15, 0.2) is 0 Å². The summed E-state index contributed by atoms with van der Waals surface area (Å²) in [6.45, 7) is 0. The van der Waals surface area contributed by atoms with Crippen LogP contribution in [-0.4, -0.2) is 17.2 Å². The van der Waals surface area contributed by atoms with E-state index in [2.05, 4.69) is 10.5 Å². The maximum absolute atomic E-state index is 11.1. The fourth-order valence-electron chi connectivity index (χ4n) is 1.70. The van der Waals surface area contributed by atoms with Crippen molar-refractivity contribution in [1.82, 2.24) is 5.43 Å². The molecular weight excluding hydrogens is 242 g/mol. The number of carbonyl (C=O) groups excluding carboxylic acids is 1. The molecule has 2 rings (SSSR count). The molecule has 19 heavy (non-hydrogen) atoms. The standard InChI is InChI=1S/C14H11N3O2/c15-8-7-14(19)17-16-9-12-11-4-2-1-3-10(11)5-6-13(12)18/h1-6,9,18H,7H2,(H,17,19)/b16-9+. The number of nitriles is 1. The Balaban J connectivity index is 2.30. The predicted molar refractivity (Wildman–Crippen MR) is 71.6 cm³/mol. The molecule has 5 heteroatoms. The van der Waals surface area contributed by atoms with Gasteiger partial charge in [0.2, 0.25) is 0 Å². The molecule has 0 aliphatic heterocycles. The number of aromatic hydroxyl groups is 1. The summed E-state index contributed by atoms with van der Waals surface area (Å²) in [4.78, 5) is 11.1. The summed E-state index contributed by atoms with van der Waals surface area (Å²) in [7, 11) is 0. The monoisotopic (exact) mass is 253 g/mol. The SMILES string of the molecule is N#CCC(=O)N/N=C/c1c(O)ccc2ccccc12. The van der Waals surface area contributed by atoms with Gasteiger partial charge < -0.3 is 5.11 Å². The zero-order chi connectivity index (χ0) is 13.7. The van der Waals surface area contributed by atoms with Crippen LogP contribution in [0.2, 0.25) is 0 Å². The molecule has 2 aromatic rings. The van der Waals surface area contributed by atoms with Crippen LogP contribution in [0.4, 0.5) is 0 Å². The summed E-state index contributed by atoms with van der Waals surface area (Å²) in [5.74, 6) is -0.407. The normalized spacial score (nSPS) is 10.5. The molecule has 5 nitrogen and oxygen atoms in total. The topological polar surface area (TPSA) is 85.5 Å². The van der Waals surface area contributed by atoms with Crippen LogP contribution in [0.15, 0.2) is 41.5 Å². The van der Waals surface area contributed by atoms with Gasteiger partial charge in [-0.1, -0.05) is 30.3 Å². The molecule has 94 valence electrons. The highest BCUT2D eigenvalue weighted by molar-refractivity contribution is 6.02. The van der Waals surface area contributed by atoms with Gasteiger partial charge in [0.05, 0.1) is 12.3 Å². The van der Waals surface area contributed by atoms with Gasteiger partial charge in [-0.2, -0.15) is 10.4 Å². The maximum atomic E-state index is 11.1. The van der Waals surface area contributed by atoms with Crippen molar-refractivity contribution >= 4 is 22.9 Å². The third-order valence-electron chi connectivity index (χ3n) is 2.57. The number of fused-ring (bicyclic) bond motifs is 1. The summed E-state index contributed by atoms with van der Waals surface area (Å²) in [5, 5.41) is 23.7. The number of hydrazone groups is 1. The van der Waals surface area contributed by atoms with E-state index in [1.165, 1.54) is 6.21 Å². The van der Waals surface area contributed by atoms with Crippen LogP contribution >= 0.6 is 0 Å². The highest BCUT2D eigenvalue weighted by atomic mass is 16.3. The van der Waals surface area contributed by atoms with Crippen molar-refractivity contribution in [2.75, 3.05) is 0 Å². The van der Waals surface area contributed by atoms with E-state index in [0.717, 1.165) is 10.8 Å². The van der Waals surface area contributed by atoms with Crippen molar-refractivity contribution in [2.24, 2.45) is 5.10 Å². The minimum Gasteiger partial charge on any atom is -0.507 e. The molecule has 0 fully saturated rings. The number of nitrogens with zero attached hydrogens (tertiary/aromatic N) is 2. The predicted octanol–water partition coefficient (Wildman–Crippen LogP) is 1.91. The second-order valence-corrected chi connectivity index (χ2v) is 3.85. The lowest BCUT2D eigenvalue weighted by molar-refractivity contribution is -0.120. The molecule has 0 aliphatic rings. The number of amides is 1. The van der Waals surface area contributed by atoms with Crippen LogP contribution in [0, 0.1) is 11.3 Å². The summed E-state index contributed by atoms with van der Waals surface area (Å²) in [6, 6.07) is 12.6. The van der Waals surface area contributed by atoms with Gasteiger partial charge in [-0.3, -0.25) is 4.79 Å². The third kappa shape index (κ3) is 2.87. The second-order valence-electron chi connectivity index (χ2n) is 3.85. The van der Waals surface area contributed by atoms with Crippen molar-refractivity contribution in [1.29, 1.82) is 5.26 Å². The van der Waals surface area contributed by atoms with E-state index in [1.807, 2.05) is 24.3 Å². The smallest absolute Gasteiger partial charge is 0.254 e. The summed E-state index contributed by atoms with van der Waals surface area (Å²) < 4.78 is 0. The number of carbonyl (C=O) groups is 1. The molecule has 0 saturated heterocycles. The van der Waals surface area contributed by atoms with Gasteiger partial charge in [0, 0.05) is 5.56 Å². The Labute approximate surface area is 109 Å². The minimum atomic E-state index is -0.488. The van der Waals surface area contributed by atoms with Gasteiger partial charge in [-0.15, -0.1) is 0 Å². The van der Waals surface area contributed by atoms with Crippen LogP contribution < -0.4 is 5.43 Å². The van der Waals surface area contributed by atoms with E-state index < -0.39 is 5.91 Å². The molecule has 0 aromatic heterocycles. The summed E-state index contributed by atoms with van der Waals surface area (Å²) in [6.07, 6.45) is 1.12. The molecule has 0 atom stereocenters. The molecule has 0 heterocycles. The maximum Gasteiger partial charge on any atom is 0.254 e. The van der Waals surface area contributed by atoms with Gasteiger partial charge >= 0.3 is 0 Å². The van der Waals surface area contributed by atoms with Crippen LogP contribution in [0.25, 0.3) is 10.8 Å². The van der Waals surface area contributed by atoms with Crippen molar-refractivity contribution < 1.29 is 9.90 Å². The summed E-state index contributed by atoms with van der Waals surface area (Å²) in [5.41, 5.74) is 2.74. The zero-order valence-electron chi connectivity index (χ0n) is 10.00. The lowest BCUT2D eigenvalue weighted by Crippen LogP contribution is -2.16. The molecule has 0 saturated carbocycles. The van der Waals surface area contributed by atoms with Crippen molar-refractivity contribution in [3.05, 3.63) is 42.0 Å². The average Bonchev–Trinajstić information content (AvgIpc) is 2.41. The Kier molecular flexibility index (Phi) is 3.74. The van der Waals surface area contributed by atoms with E-state index in [1.54, 1.807) is 18.2 Å². The third-order valence-corrected chi connectivity index (χ3v) is 2.57. The molecule has 1 amide bonds. The Bertz CT molecular complexity index is 687. The van der Waals surface area contributed by atoms with Gasteiger partial charge in [-0.25, -0.2) is 5.43 Å². The van der Waals surface area contributed by atoms with Crippen LogP contribution in [-0.2, 0) is 4.79 Å². The van der Waals surface area contributed by atoms with E-state index in [-0.39, 0.29) is 12.2 Å². The molecule has 0 spiro atoms. The molecular formula is C14H11N3O2. The molecule has 0 bridgehead atoms. The van der Waals surface area contributed by atoms with Crippen LogP contribution in [0.3, 0.4) is 0 Å². The number of nitrogens with one attached hydrogen (secondary N) is 1. The molecule has 0 unspecified atom stereocenters. The zero-order valence-corrected chi connectivity index (χ0v) is 10.00. The number of phenols is 1. The summed E-state index contributed by atoms with van der Waals surface area (Å²) >= 11 is 0. The fraction of sp³-hybridized carbons (Fsp3) is 0.0714. The highest BCUT2D eigenvalue weighted by Crippen LogP contribution is 2.25. The minimum absolute atomic E-state index is 0.0805. The van der Waals surface area contributed by atoms with E-state index in [0.29, 0.717) is 5.56 Å². The average molecular weight is 253 g/mol. The van der Waals surface area contributed by atoms with Crippen molar-refractivity contribution in [2.45, 2.75) is 6.42 Å². The quantitative estimate of drug-likeness (QED) is 0.647. The van der Waals surface area contributed by atoms with Gasteiger partial charge in [-0.05, 0) is 16.8 Å². The molecule has 2 aromatic carbocycles. The highest BCUT2D eigenvalue weighted by Gasteiger charge is 2.04. The second kappa shape index (κ2) is 5.65. The van der Waals surface area contributed by atoms with Gasteiger partial charge in [0.25, 0.3) is 5.91 Å². The van der Waals surface area contributed by atoms with Gasteiger partial charge in [0.1, 0.15) is 12.2 Å². The first kappa shape index (κ1) is 12.6. The first-order chi connectivity index (χ1) is 9.22. The first-order valence-electron chi connectivity index (χ1n) is 5.62. The largest absolute Gasteiger partial charge is 0.507 e. The lowest BCUT2D eigenvalue weighted by atomic mass is 10.0. The number of phenolic OH excluding ortho intramolecular Hbond substituents is 1. The fourth-order valence-corrected chi connectivity index (χ4v) is 1.70. The van der Waals surface area contributed by atoms with Crippen molar-refractivity contribution in [3.63, 3.8) is 0 Å². The van der Waals surface area contributed by atoms with E-state index in [9.17, 15) is 9.90 Å². The number of hydrogen-bond acceptors (Lipinski definition) is 4. The number of rotatable bonds is 3. The number of hydrogen-bond donors (Lipinski definition) is 2. The Morgan fingerprint density at radius 3 is 2.95 bits per heavy atom. The number of benzene rings is 2. The Morgan fingerprint density at radius 1 is 1.37 bits per heavy atom. The molecule has 0 aliphatic carbocycles. The van der Waals surface area contributed by atoms with E-state index >= 15 is 0 Å². The Hall–Kier alpha value is -2.87. The van der Waals surface area contributed by atoms with Crippen LogP contribution in [0.1, 0.15) is 12.0 Å². The molecule has 2 N–H and O–H groups in total. The van der Waals surface area contributed by atoms with E-state index in [4.69, 9.17) is 5.26 Å². The lowest BCUT2D eigenvalue weighted by Gasteiger charge is -2.04. The van der Waals surface area contributed by atoms with Crippen LogP contribution in [0.5, 0.6) is 5.75 Å². The first-order valence-corrected chi connectivity index (χ1v) is 5.62. The Morgan fingerprint density at radius 2 is 2.16 bits per heavy atom. The van der Waals surface area contributed by atoms with Crippen molar-refractivity contribution in [3.8, 4) is 11.8 Å². The molecule has 0 radical (unpaired) electrons.